The van der Waals surface area contributed by atoms with Gasteiger partial charge in [0.2, 0.25) is 11.8 Å². The van der Waals surface area contributed by atoms with Crippen LogP contribution in [0.4, 0.5) is 19.1 Å². The van der Waals surface area contributed by atoms with Crippen LogP contribution in [0.15, 0.2) is 58.1 Å². The van der Waals surface area contributed by atoms with Crippen molar-refractivity contribution in [2.75, 3.05) is 11.6 Å². The second-order valence-corrected chi connectivity index (χ2v) is 5.87. The molecule has 0 saturated heterocycles. The second-order valence-electron chi connectivity index (χ2n) is 5.07. The molecule has 3 aromatic rings. The zero-order chi connectivity index (χ0) is 18.7. The molecule has 9 heteroatoms. The second kappa shape index (κ2) is 7.20. The van der Waals surface area contributed by atoms with Gasteiger partial charge in [-0.3, -0.25) is 10.1 Å². The lowest BCUT2D eigenvalue weighted by Gasteiger charge is -2.06. The van der Waals surface area contributed by atoms with Crippen LogP contribution < -0.4 is 5.32 Å². The number of carbonyl (C=O) groups excluding carboxylic acids is 1. The molecular weight excluding hydrogens is 367 g/mol. The van der Waals surface area contributed by atoms with Gasteiger partial charge < -0.3 is 4.42 Å². The highest BCUT2D eigenvalue weighted by molar-refractivity contribution is 7.98. The number of anilines is 1. The van der Waals surface area contributed by atoms with Crippen molar-refractivity contribution in [3.63, 3.8) is 0 Å². The number of nitrogens with one attached hydrogen (secondary N) is 1. The number of thioether (sulfide) groups is 1. The summed E-state index contributed by atoms with van der Waals surface area (Å²) in [6.45, 7) is 0. The predicted octanol–water partition coefficient (Wildman–Crippen LogP) is 4.63. The fourth-order valence-electron chi connectivity index (χ4n) is 2.20. The Bertz CT molecular complexity index is 927. The van der Waals surface area contributed by atoms with Gasteiger partial charge in [0.25, 0.3) is 0 Å². The maximum atomic E-state index is 12.6. The first-order valence-electron chi connectivity index (χ1n) is 7.34. The van der Waals surface area contributed by atoms with Crippen LogP contribution in [-0.4, -0.2) is 28.3 Å². The number of hydrogen-bond acceptors (Lipinski definition) is 5. The van der Waals surface area contributed by atoms with Crippen molar-refractivity contribution >= 4 is 23.6 Å². The van der Waals surface area contributed by atoms with E-state index in [4.69, 9.17) is 4.42 Å². The Kier molecular flexibility index (Phi) is 4.99. The number of rotatable bonds is 4. The predicted molar refractivity (Wildman–Crippen MR) is 91.6 cm³/mol. The van der Waals surface area contributed by atoms with Gasteiger partial charge in [-0.05, 0) is 18.4 Å². The number of alkyl halides is 3. The minimum absolute atomic E-state index is 0.0683. The summed E-state index contributed by atoms with van der Waals surface area (Å²) in [5, 5.41) is 2.36. The van der Waals surface area contributed by atoms with Gasteiger partial charge >= 0.3 is 12.1 Å². The molecule has 5 nitrogen and oxygen atoms in total. The van der Waals surface area contributed by atoms with E-state index in [2.05, 4.69) is 9.97 Å². The van der Waals surface area contributed by atoms with Gasteiger partial charge in [0.05, 0.1) is 5.56 Å². The smallest absolute Gasteiger partial charge is 0.419 e. The number of halogens is 3. The average Bonchev–Trinajstić information content (AvgIpc) is 3.05. The van der Waals surface area contributed by atoms with Crippen LogP contribution in [0.3, 0.4) is 0 Å². The fraction of sp³-hybridized carbons (Fsp3) is 0.118. The van der Waals surface area contributed by atoms with Gasteiger partial charge in [-0.25, -0.2) is 9.97 Å². The number of carbonyl (C=O) groups is 1. The van der Waals surface area contributed by atoms with E-state index in [0.717, 1.165) is 0 Å². The van der Waals surface area contributed by atoms with Crippen LogP contribution in [0.1, 0.15) is 0 Å². The van der Waals surface area contributed by atoms with E-state index in [9.17, 15) is 18.0 Å². The van der Waals surface area contributed by atoms with Crippen molar-refractivity contribution in [3.8, 4) is 22.7 Å². The zero-order valence-electron chi connectivity index (χ0n) is 13.4. The molecule has 0 bridgehead atoms. The Morgan fingerprint density at radius 3 is 2.54 bits per heavy atom. The number of hydrogen-bond donors (Lipinski definition) is 1. The SMILES string of the molecule is CSc1ncccc1-c1nc(-c2ccccc2)c(NC(=O)C(F)(F)F)o1. The lowest BCUT2D eigenvalue weighted by Crippen LogP contribution is -2.29. The highest BCUT2D eigenvalue weighted by Gasteiger charge is 2.40. The van der Waals surface area contributed by atoms with Crippen LogP contribution in [0, 0.1) is 0 Å². The summed E-state index contributed by atoms with van der Waals surface area (Å²) >= 11 is 1.34. The van der Waals surface area contributed by atoms with Gasteiger partial charge in [0.1, 0.15) is 10.7 Å². The molecule has 2 heterocycles. The van der Waals surface area contributed by atoms with E-state index in [1.807, 2.05) is 0 Å². The molecule has 0 unspecified atom stereocenters. The third-order valence-corrected chi connectivity index (χ3v) is 4.07. The molecule has 134 valence electrons. The van der Waals surface area contributed by atoms with Gasteiger partial charge in [-0.1, -0.05) is 30.3 Å². The molecule has 0 fully saturated rings. The summed E-state index contributed by atoms with van der Waals surface area (Å²) in [4.78, 5) is 19.8. The number of nitrogens with zero attached hydrogens (tertiary/aromatic N) is 2. The summed E-state index contributed by atoms with van der Waals surface area (Å²) in [7, 11) is 0. The average molecular weight is 379 g/mol. The first-order chi connectivity index (χ1) is 12.4. The maximum absolute atomic E-state index is 12.6. The highest BCUT2D eigenvalue weighted by Crippen LogP contribution is 2.36. The molecule has 1 amide bonds. The van der Waals surface area contributed by atoms with Crippen LogP contribution in [0.25, 0.3) is 22.7 Å². The summed E-state index contributed by atoms with van der Waals surface area (Å²) in [6, 6.07) is 11.8. The molecule has 0 spiro atoms. The summed E-state index contributed by atoms with van der Waals surface area (Å²) in [5.41, 5.74) is 1.13. The van der Waals surface area contributed by atoms with Gasteiger partial charge in [-0.15, -0.1) is 11.8 Å². The Morgan fingerprint density at radius 1 is 1.15 bits per heavy atom. The lowest BCUT2D eigenvalue weighted by atomic mass is 10.1. The monoisotopic (exact) mass is 379 g/mol. The zero-order valence-corrected chi connectivity index (χ0v) is 14.2. The van der Waals surface area contributed by atoms with Crippen LogP contribution in [0.2, 0.25) is 0 Å². The largest absolute Gasteiger partial charge is 0.471 e. The summed E-state index contributed by atoms with van der Waals surface area (Å²) in [5.74, 6) is -2.43. The molecule has 0 radical (unpaired) electrons. The van der Waals surface area contributed by atoms with Crippen molar-refractivity contribution in [1.82, 2.24) is 9.97 Å². The molecule has 26 heavy (non-hydrogen) atoms. The molecule has 1 aromatic carbocycles. The molecule has 0 saturated carbocycles. The molecule has 2 aromatic heterocycles. The van der Waals surface area contributed by atoms with Crippen LogP contribution in [-0.2, 0) is 4.79 Å². The standard InChI is InChI=1S/C17H12F3N3O2S/c1-26-15-11(8-5-9-21-15)13-22-12(10-6-3-2-4-7-10)14(25-13)23-16(24)17(18,19)20/h2-9H,1H3,(H,23,24). The normalized spacial score (nSPS) is 11.4. The van der Waals surface area contributed by atoms with Gasteiger partial charge in [0.15, 0.2) is 0 Å². The van der Waals surface area contributed by atoms with E-state index in [1.165, 1.54) is 11.8 Å². The topological polar surface area (TPSA) is 68.0 Å². The summed E-state index contributed by atoms with van der Waals surface area (Å²) in [6.07, 6.45) is -1.65. The number of benzene rings is 1. The number of oxazole rings is 1. The Hall–Kier alpha value is -2.81. The summed E-state index contributed by atoms with van der Waals surface area (Å²) < 4.78 is 43.4. The van der Waals surface area contributed by atoms with E-state index >= 15 is 0 Å². The van der Waals surface area contributed by atoms with Gasteiger partial charge in [0, 0.05) is 11.8 Å². The third kappa shape index (κ3) is 3.72. The number of amides is 1. The van der Waals surface area contributed by atoms with Crippen molar-refractivity contribution in [1.29, 1.82) is 0 Å². The number of pyridine rings is 1. The lowest BCUT2D eigenvalue weighted by molar-refractivity contribution is -0.167. The van der Waals surface area contributed by atoms with E-state index in [-0.39, 0.29) is 17.5 Å². The third-order valence-electron chi connectivity index (χ3n) is 3.35. The van der Waals surface area contributed by atoms with Crippen LogP contribution >= 0.6 is 11.8 Å². The first kappa shape index (κ1) is 18.0. The Balaban J connectivity index is 2.10. The van der Waals surface area contributed by atoms with Crippen molar-refractivity contribution < 1.29 is 22.4 Å². The molecule has 0 atom stereocenters. The highest BCUT2D eigenvalue weighted by atomic mass is 32.2. The first-order valence-corrected chi connectivity index (χ1v) is 8.56. The molecule has 0 aliphatic heterocycles. The van der Waals surface area contributed by atoms with Crippen molar-refractivity contribution in [3.05, 3.63) is 48.7 Å². The van der Waals surface area contributed by atoms with Crippen molar-refractivity contribution in [2.24, 2.45) is 0 Å². The van der Waals surface area contributed by atoms with E-state index < -0.39 is 12.1 Å². The Morgan fingerprint density at radius 2 is 1.88 bits per heavy atom. The number of aromatic nitrogens is 2. The Labute approximate surface area is 150 Å². The minimum atomic E-state index is -5.04. The van der Waals surface area contributed by atoms with Gasteiger partial charge in [-0.2, -0.15) is 13.2 Å². The molecule has 3 rings (SSSR count). The van der Waals surface area contributed by atoms with Crippen LogP contribution in [0.5, 0.6) is 0 Å². The minimum Gasteiger partial charge on any atom is -0.419 e. The maximum Gasteiger partial charge on any atom is 0.471 e. The molecule has 1 N–H and O–H groups in total. The van der Waals surface area contributed by atoms with E-state index in [1.54, 1.807) is 60.2 Å². The van der Waals surface area contributed by atoms with E-state index in [0.29, 0.717) is 16.2 Å². The van der Waals surface area contributed by atoms with Crippen molar-refractivity contribution in [2.45, 2.75) is 11.2 Å². The quantitative estimate of drug-likeness (QED) is 0.670. The fourth-order valence-corrected chi connectivity index (χ4v) is 2.74. The molecular formula is C17H12F3N3O2S. The molecule has 0 aliphatic rings. The molecule has 0 aliphatic carbocycles.